The standard InChI is InChI=1S/C10H14ClN3O3/c1-10(2,17-4)8(15)14-9-12-6(11)5-7(13-9)16-3/h5H,1-4H3,(H,12,13,14,15). The molecule has 1 heterocycles. The summed E-state index contributed by atoms with van der Waals surface area (Å²) in [5.41, 5.74) is -0.973. The second kappa shape index (κ2) is 5.29. The van der Waals surface area contributed by atoms with E-state index in [2.05, 4.69) is 15.3 Å². The van der Waals surface area contributed by atoms with E-state index in [1.165, 1.54) is 20.3 Å². The largest absolute Gasteiger partial charge is 0.481 e. The highest BCUT2D eigenvalue weighted by Crippen LogP contribution is 2.17. The van der Waals surface area contributed by atoms with Crippen LogP contribution >= 0.6 is 11.6 Å². The molecule has 0 atom stereocenters. The van der Waals surface area contributed by atoms with E-state index < -0.39 is 5.60 Å². The van der Waals surface area contributed by atoms with Crippen LogP contribution in [0.25, 0.3) is 0 Å². The zero-order valence-electron chi connectivity index (χ0n) is 10.1. The second-order valence-electron chi connectivity index (χ2n) is 3.73. The Bertz CT molecular complexity index is 423. The number of nitrogens with one attached hydrogen (secondary N) is 1. The Labute approximate surface area is 104 Å². The van der Waals surface area contributed by atoms with Crippen LogP contribution in [0.15, 0.2) is 6.07 Å². The van der Waals surface area contributed by atoms with Crippen molar-refractivity contribution in [3.63, 3.8) is 0 Å². The maximum atomic E-state index is 11.8. The Morgan fingerprint density at radius 2 is 2.06 bits per heavy atom. The van der Waals surface area contributed by atoms with Gasteiger partial charge >= 0.3 is 0 Å². The Hall–Kier alpha value is -1.40. The molecule has 0 aromatic carbocycles. The van der Waals surface area contributed by atoms with Gasteiger partial charge in [0.25, 0.3) is 5.91 Å². The molecule has 94 valence electrons. The molecule has 1 aromatic heterocycles. The molecule has 1 N–H and O–H groups in total. The van der Waals surface area contributed by atoms with E-state index in [0.29, 0.717) is 0 Å². The maximum Gasteiger partial charge on any atom is 0.258 e. The quantitative estimate of drug-likeness (QED) is 0.830. The predicted molar refractivity (Wildman–Crippen MR) is 63.3 cm³/mol. The summed E-state index contributed by atoms with van der Waals surface area (Å²) in [6.45, 7) is 3.26. The van der Waals surface area contributed by atoms with Crippen LogP contribution in [-0.4, -0.2) is 35.7 Å². The van der Waals surface area contributed by atoms with Crippen molar-refractivity contribution < 1.29 is 14.3 Å². The smallest absolute Gasteiger partial charge is 0.258 e. The third-order valence-electron chi connectivity index (χ3n) is 2.16. The van der Waals surface area contributed by atoms with E-state index in [9.17, 15) is 4.79 Å². The van der Waals surface area contributed by atoms with E-state index in [-0.39, 0.29) is 22.9 Å². The van der Waals surface area contributed by atoms with Gasteiger partial charge in [0.2, 0.25) is 11.8 Å². The van der Waals surface area contributed by atoms with Gasteiger partial charge in [0.05, 0.1) is 7.11 Å². The van der Waals surface area contributed by atoms with Gasteiger partial charge in [0, 0.05) is 13.2 Å². The number of nitrogens with zero attached hydrogens (tertiary/aromatic N) is 2. The maximum absolute atomic E-state index is 11.8. The number of amides is 1. The zero-order valence-corrected chi connectivity index (χ0v) is 10.8. The fraction of sp³-hybridized carbons (Fsp3) is 0.500. The molecule has 0 aliphatic carbocycles. The van der Waals surface area contributed by atoms with Crippen LogP contribution in [0.1, 0.15) is 13.8 Å². The second-order valence-corrected chi connectivity index (χ2v) is 4.11. The van der Waals surface area contributed by atoms with E-state index in [1.807, 2.05) is 0 Å². The van der Waals surface area contributed by atoms with Crippen LogP contribution in [0, 0.1) is 0 Å². The van der Waals surface area contributed by atoms with E-state index in [1.54, 1.807) is 13.8 Å². The molecule has 0 aliphatic heterocycles. The monoisotopic (exact) mass is 259 g/mol. The van der Waals surface area contributed by atoms with Crippen molar-refractivity contribution in [3.8, 4) is 5.88 Å². The first-order chi connectivity index (χ1) is 7.89. The van der Waals surface area contributed by atoms with Crippen molar-refractivity contribution in [2.24, 2.45) is 0 Å². The number of aromatic nitrogens is 2. The lowest BCUT2D eigenvalue weighted by Crippen LogP contribution is -2.39. The minimum absolute atomic E-state index is 0.0736. The third-order valence-corrected chi connectivity index (χ3v) is 2.36. The normalized spacial score (nSPS) is 11.1. The number of carbonyl (C=O) groups excluding carboxylic acids is 1. The fourth-order valence-corrected chi connectivity index (χ4v) is 1.08. The fourth-order valence-electron chi connectivity index (χ4n) is 0.902. The highest BCUT2D eigenvalue weighted by atomic mass is 35.5. The average molecular weight is 260 g/mol. The van der Waals surface area contributed by atoms with Gasteiger partial charge in [-0.1, -0.05) is 11.6 Å². The van der Waals surface area contributed by atoms with Gasteiger partial charge in [0.15, 0.2) is 0 Å². The lowest BCUT2D eigenvalue weighted by molar-refractivity contribution is -0.133. The first-order valence-corrected chi connectivity index (χ1v) is 5.22. The van der Waals surface area contributed by atoms with Gasteiger partial charge in [-0.3, -0.25) is 10.1 Å². The molecule has 0 radical (unpaired) electrons. The van der Waals surface area contributed by atoms with Crippen LogP contribution in [0.5, 0.6) is 5.88 Å². The molecule has 1 amide bonds. The number of anilines is 1. The molecule has 0 aliphatic rings. The van der Waals surface area contributed by atoms with E-state index >= 15 is 0 Å². The molecule has 1 rings (SSSR count). The first kappa shape index (κ1) is 13.7. The molecule has 7 heteroatoms. The van der Waals surface area contributed by atoms with Crippen molar-refractivity contribution in [1.29, 1.82) is 0 Å². The highest BCUT2D eigenvalue weighted by Gasteiger charge is 2.27. The molecule has 0 fully saturated rings. The topological polar surface area (TPSA) is 73.3 Å². The third kappa shape index (κ3) is 3.54. The van der Waals surface area contributed by atoms with Crippen molar-refractivity contribution in [2.45, 2.75) is 19.4 Å². The number of methoxy groups -OCH3 is 2. The molecule has 0 unspecified atom stereocenters. The number of hydrogen-bond donors (Lipinski definition) is 1. The van der Waals surface area contributed by atoms with Gasteiger partial charge in [-0.25, -0.2) is 4.98 Å². The number of rotatable bonds is 4. The van der Waals surface area contributed by atoms with Gasteiger partial charge in [-0.05, 0) is 13.8 Å². The van der Waals surface area contributed by atoms with Gasteiger partial charge in [-0.2, -0.15) is 4.98 Å². The summed E-state index contributed by atoms with van der Waals surface area (Å²) in [6, 6.07) is 1.44. The molecule has 1 aromatic rings. The first-order valence-electron chi connectivity index (χ1n) is 4.84. The Morgan fingerprint density at radius 1 is 1.41 bits per heavy atom. The summed E-state index contributed by atoms with van der Waals surface area (Å²) in [5, 5.41) is 2.68. The molecular formula is C10H14ClN3O3. The lowest BCUT2D eigenvalue weighted by atomic mass is 10.1. The summed E-state index contributed by atoms with van der Waals surface area (Å²) in [4.78, 5) is 19.6. The predicted octanol–water partition coefficient (Wildman–Crippen LogP) is 1.50. The van der Waals surface area contributed by atoms with Crippen LogP contribution in [0.4, 0.5) is 5.95 Å². The summed E-state index contributed by atoms with van der Waals surface area (Å²) < 4.78 is 9.94. The van der Waals surface area contributed by atoms with Gasteiger partial charge in [-0.15, -0.1) is 0 Å². The molecule has 0 saturated heterocycles. The molecule has 0 spiro atoms. The molecule has 0 bridgehead atoms. The number of halogens is 1. The number of hydrogen-bond acceptors (Lipinski definition) is 5. The SMILES string of the molecule is COc1cc(Cl)nc(NC(=O)C(C)(C)OC)n1. The van der Waals surface area contributed by atoms with E-state index in [4.69, 9.17) is 21.1 Å². The number of carbonyl (C=O) groups is 1. The lowest BCUT2D eigenvalue weighted by Gasteiger charge is -2.20. The average Bonchev–Trinajstić information content (AvgIpc) is 2.28. The molecular weight excluding hydrogens is 246 g/mol. The Balaban J connectivity index is 2.88. The van der Waals surface area contributed by atoms with Crippen molar-refractivity contribution in [2.75, 3.05) is 19.5 Å². The Kier molecular flexibility index (Phi) is 4.25. The molecule has 0 saturated carbocycles. The summed E-state index contributed by atoms with van der Waals surface area (Å²) >= 11 is 5.75. The van der Waals surface area contributed by atoms with Crippen LogP contribution in [-0.2, 0) is 9.53 Å². The highest BCUT2D eigenvalue weighted by molar-refractivity contribution is 6.29. The minimum Gasteiger partial charge on any atom is -0.481 e. The van der Waals surface area contributed by atoms with Crippen molar-refractivity contribution in [3.05, 3.63) is 11.2 Å². The zero-order chi connectivity index (χ0) is 13.1. The molecule has 17 heavy (non-hydrogen) atoms. The van der Waals surface area contributed by atoms with Crippen LogP contribution in [0.2, 0.25) is 5.15 Å². The van der Waals surface area contributed by atoms with Crippen molar-refractivity contribution in [1.82, 2.24) is 9.97 Å². The van der Waals surface area contributed by atoms with E-state index in [0.717, 1.165) is 0 Å². The summed E-state index contributed by atoms with van der Waals surface area (Å²) in [5.74, 6) is -0.0238. The van der Waals surface area contributed by atoms with Gasteiger partial charge < -0.3 is 9.47 Å². The summed E-state index contributed by atoms with van der Waals surface area (Å²) in [7, 11) is 2.89. The van der Waals surface area contributed by atoms with Crippen LogP contribution in [0.3, 0.4) is 0 Å². The van der Waals surface area contributed by atoms with Gasteiger partial charge in [0.1, 0.15) is 10.8 Å². The minimum atomic E-state index is -0.973. The Morgan fingerprint density at radius 3 is 2.59 bits per heavy atom. The molecule has 6 nitrogen and oxygen atoms in total. The van der Waals surface area contributed by atoms with Crippen molar-refractivity contribution >= 4 is 23.5 Å². The number of ether oxygens (including phenoxy) is 2. The summed E-state index contributed by atoms with van der Waals surface area (Å²) in [6.07, 6.45) is 0. The van der Waals surface area contributed by atoms with Crippen LogP contribution < -0.4 is 10.1 Å².